The normalized spacial score (nSPS) is 18.7. The first-order valence-electron chi connectivity index (χ1n) is 7.10. The number of phenolic OH excluding ortho intramolecular Hbond substituents is 1. The van der Waals surface area contributed by atoms with Crippen molar-refractivity contribution in [3.63, 3.8) is 0 Å². The molecule has 118 valence electrons. The molecule has 0 saturated carbocycles. The number of rotatable bonds is 4. The van der Waals surface area contributed by atoms with E-state index in [0.717, 1.165) is 36.2 Å². The van der Waals surface area contributed by atoms with Gasteiger partial charge in [0.15, 0.2) is 0 Å². The Balaban J connectivity index is 2.49. The number of hydrogen-bond acceptors (Lipinski definition) is 4. The molecule has 2 rings (SSSR count). The zero-order chi connectivity index (χ0) is 15.6. The van der Waals surface area contributed by atoms with Crippen LogP contribution in [0, 0.1) is 5.41 Å². The van der Waals surface area contributed by atoms with Crippen molar-refractivity contribution in [3.05, 3.63) is 26.6 Å². The summed E-state index contributed by atoms with van der Waals surface area (Å²) < 4.78 is 1.58. The molecule has 1 atom stereocenters. The van der Waals surface area contributed by atoms with Gasteiger partial charge in [-0.1, -0.05) is 29.8 Å². The van der Waals surface area contributed by atoms with Crippen LogP contribution in [-0.4, -0.2) is 47.9 Å². The third-order valence-corrected chi connectivity index (χ3v) is 5.08. The molecule has 0 aromatic heterocycles. The number of halogens is 2. The first-order valence-corrected chi connectivity index (χ1v) is 8.69. The molecular weight excluding hydrogens is 400 g/mol. The van der Waals surface area contributed by atoms with E-state index in [2.05, 4.69) is 42.1 Å². The molecule has 0 unspecified atom stereocenters. The smallest absolute Gasteiger partial charge is 0.134 e. The number of nitrogens with zero attached hydrogens (tertiary/aromatic N) is 1. The maximum atomic E-state index is 10.5. The van der Waals surface area contributed by atoms with Crippen LogP contribution in [0.5, 0.6) is 5.75 Å². The third-order valence-electron chi connectivity index (χ3n) is 4.02. The topological polar surface area (TPSA) is 55.7 Å². The van der Waals surface area contributed by atoms with Gasteiger partial charge in [0.1, 0.15) is 5.75 Å². The summed E-state index contributed by atoms with van der Waals surface area (Å²) in [7, 11) is 0. The third kappa shape index (κ3) is 3.79. The summed E-state index contributed by atoms with van der Waals surface area (Å²) in [4.78, 5) is 2.33. The lowest BCUT2D eigenvalue weighted by Gasteiger charge is -2.43. The van der Waals surface area contributed by atoms with E-state index in [1.54, 1.807) is 0 Å². The Hall–Kier alpha value is -0.140. The first kappa shape index (κ1) is 17.2. The fourth-order valence-corrected chi connectivity index (χ4v) is 4.19. The van der Waals surface area contributed by atoms with Crippen molar-refractivity contribution in [2.24, 2.45) is 5.41 Å². The van der Waals surface area contributed by atoms with Crippen molar-refractivity contribution in [2.75, 3.05) is 32.8 Å². The molecule has 0 bridgehead atoms. The van der Waals surface area contributed by atoms with Gasteiger partial charge in [-0.2, -0.15) is 0 Å². The highest BCUT2D eigenvalue weighted by Gasteiger charge is 2.37. The van der Waals surface area contributed by atoms with Gasteiger partial charge in [0, 0.05) is 54.3 Å². The number of hydrogen-bond donors (Lipinski definition) is 3. The molecule has 4 nitrogen and oxygen atoms in total. The second kappa shape index (κ2) is 6.96. The Morgan fingerprint density at radius 1 is 1.29 bits per heavy atom. The van der Waals surface area contributed by atoms with E-state index in [-0.39, 0.29) is 23.8 Å². The van der Waals surface area contributed by atoms with Gasteiger partial charge in [0.05, 0.1) is 4.47 Å². The zero-order valence-corrected chi connectivity index (χ0v) is 15.5. The molecule has 0 aliphatic carbocycles. The van der Waals surface area contributed by atoms with Crippen LogP contribution in [0.3, 0.4) is 0 Å². The van der Waals surface area contributed by atoms with Crippen molar-refractivity contribution in [1.82, 2.24) is 10.2 Å². The molecule has 1 aliphatic rings. The molecule has 1 fully saturated rings. The molecule has 1 aromatic rings. The Bertz CT molecular complexity index is 503. The number of nitrogens with one attached hydrogen (secondary N) is 1. The largest absolute Gasteiger partial charge is 0.506 e. The van der Waals surface area contributed by atoms with Crippen LogP contribution in [0.1, 0.15) is 25.5 Å². The van der Waals surface area contributed by atoms with Crippen molar-refractivity contribution in [1.29, 1.82) is 0 Å². The van der Waals surface area contributed by atoms with Gasteiger partial charge < -0.3 is 15.5 Å². The summed E-state index contributed by atoms with van der Waals surface area (Å²) in [5.74, 6) is 0.253. The van der Waals surface area contributed by atoms with Crippen molar-refractivity contribution >= 4 is 31.9 Å². The molecule has 3 N–H and O–H groups in total. The van der Waals surface area contributed by atoms with E-state index in [0.29, 0.717) is 4.47 Å². The Kier molecular flexibility index (Phi) is 5.71. The van der Waals surface area contributed by atoms with E-state index in [4.69, 9.17) is 0 Å². The van der Waals surface area contributed by atoms with Gasteiger partial charge in [0.25, 0.3) is 0 Å². The molecule has 6 heteroatoms. The molecule has 1 aromatic carbocycles. The highest BCUT2D eigenvalue weighted by molar-refractivity contribution is 9.11. The highest BCUT2D eigenvalue weighted by atomic mass is 79.9. The fraction of sp³-hybridized carbons (Fsp3) is 0.600. The van der Waals surface area contributed by atoms with E-state index >= 15 is 0 Å². The minimum atomic E-state index is -0.352. The van der Waals surface area contributed by atoms with Crippen LogP contribution in [-0.2, 0) is 0 Å². The predicted octanol–water partition coefficient (Wildman–Crippen LogP) is 2.88. The van der Waals surface area contributed by atoms with Crippen molar-refractivity contribution < 1.29 is 10.2 Å². The van der Waals surface area contributed by atoms with Gasteiger partial charge in [-0.25, -0.2) is 0 Å². The average Bonchev–Trinajstić information content (AvgIpc) is 2.45. The number of piperazine rings is 1. The molecule has 0 spiro atoms. The summed E-state index contributed by atoms with van der Waals surface area (Å²) in [6, 6.07) is 3.74. The van der Waals surface area contributed by atoms with Crippen LogP contribution >= 0.6 is 31.9 Å². The van der Waals surface area contributed by atoms with Crippen LogP contribution in [0.2, 0.25) is 0 Å². The molecule has 1 aliphatic heterocycles. The van der Waals surface area contributed by atoms with E-state index in [1.807, 2.05) is 26.0 Å². The number of aromatic hydroxyl groups is 1. The number of benzene rings is 1. The van der Waals surface area contributed by atoms with E-state index in [1.165, 1.54) is 0 Å². The second-order valence-electron chi connectivity index (χ2n) is 6.16. The quantitative estimate of drug-likeness (QED) is 0.699. The summed E-state index contributed by atoms with van der Waals surface area (Å²) in [5, 5.41) is 23.7. The first-order chi connectivity index (χ1) is 9.86. The summed E-state index contributed by atoms with van der Waals surface area (Å²) >= 11 is 6.90. The SMILES string of the molecule is CC(C)(CO)[C@H](c1cc(Br)cc(Br)c1O)N1CCNCC1. The van der Waals surface area contributed by atoms with E-state index in [9.17, 15) is 10.2 Å². The fourth-order valence-electron chi connectivity index (χ4n) is 2.93. The van der Waals surface area contributed by atoms with E-state index < -0.39 is 0 Å². The van der Waals surface area contributed by atoms with Gasteiger partial charge in [-0.3, -0.25) is 4.90 Å². The monoisotopic (exact) mass is 420 g/mol. The lowest BCUT2D eigenvalue weighted by molar-refractivity contribution is 0.0292. The Morgan fingerprint density at radius 3 is 2.48 bits per heavy atom. The molecular formula is C15H22Br2N2O2. The molecule has 1 saturated heterocycles. The maximum absolute atomic E-state index is 10.5. The van der Waals surface area contributed by atoms with Gasteiger partial charge in [-0.15, -0.1) is 0 Å². The summed E-state index contributed by atoms with van der Waals surface area (Å²) in [6.45, 7) is 7.78. The van der Waals surface area contributed by atoms with Gasteiger partial charge >= 0.3 is 0 Å². The lowest BCUT2D eigenvalue weighted by Crippen LogP contribution is -2.49. The van der Waals surface area contributed by atoms with Crippen molar-refractivity contribution in [2.45, 2.75) is 19.9 Å². The Labute approximate surface area is 142 Å². The number of phenols is 1. The zero-order valence-electron chi connectivity index (χ0n) is 12.4. The van der Waals surface area contributed by atoms with Crippen LogP contribution in [0.4, 0.5) is 0 Å². The number of aliphatic hydroxyl groups is 1. The van der Waals surface area contributed by atoms with Crippen LogP contribution in [0.15, 0.2) is 21.1 Å². The molecule has 1 heterocycles. The van der Waals surface area contributed by atoms with Crippen LogP contribution in [0.25, 0.3) is 0 Å². The standard InChI is InChI=1S/C15H22Br2N2O2/c1-15(2,9-20)14(19-5-3-18-4-6-19)11-7-10(16)8-12(17)13(11)21/h7-8,14,18,20-21H,3-6,9H2,1-2H3/t14-/m0/s1. The van der Waals surface area contributed by atoms with Crippen molar-refractivity contribution in [3.8, 4) is 5.75 Å². The Morgan fingerprint density at radius 2 is 1.90 bits per heavy atom. The minimum absolute atomic E-state index is 0.0431. The molecule has 21 heavy (non-hydrogen) atoms. The van der Waals surface area contributed by atoms with Gasteiger partial charge in [-0.05, 0) is 28.1 Å². The summed E-state index contributed by atoms with van der Waals surface area (Å²) in [5.41, 5.74) is 0.493. The second-order valence-corrected chi connectivity index (χ2v) is 7.93. The summed E-state index contributed by atoms with van der Waals surface area (Å²) in [6.07, 6.45) is 0. The average molecular weight is 422 g/mol. The highest BCUT2D eigenvalue weighted by Crippen LogP contribution is 2.45. The number of aliphatic hydroxyl groups excluding tert-OH is 1. The predicted molar refractivity (Wildman–Crippen MR) is 91.6 cm³/mol. The van der Waals surface area contributed by atoms with Gasteiger partial charge in [0.2, 0.25) is 0 Å². The minimum Gasteiger partial charge on any atom is -0.506 e. The van der Waals surface area contributed by atoms with Crippen LogP contribution < -0.4 is 5.32 Å². The molecule has 0 amide bonds. The lowest BCUT2D eigenvalue weighted by atomic mass is 9.79. The maximum Gasteiger partial charge on any atom is 0.134 e. The molecule has 0 radical (unpaired) electrons.